The van der Waals surface area contributed by atoms with Gasteiger partial charge in [-0.25, -0.2) is 5.84 Å². The molecule has 6 heteroatoms. The second-order valence-corrected chi connectivity index (χ2v) is 4.34. The molecule has 0 bridgehead atoms. The van der Waals surface area contributed by atoms with E-state index in [2.05, 4.69) is 10.1 Å². The number of nitrogens with one attached hydrogen (secondary N) is 1. The van der Waals surface area contributed by atoms with Crippen LogP contribution in [0.4, 0.5) is 0 Å². The molecule has 0 spiro atoms. The van der Waals surface area contributed by atoms with Gasteiger partial charge in [-0.15, -0.1) is 0 Å². The Balaban J connectivity index is 1.93. The van der Waals surface area contributed by atoms with Gasteiger partial charge in [0.25, 0.3) is 5.91 Å². The highest BCUT2D eigenvalue weighted by molar-refractivity contribution is 5.91. The van der Waals surface area contributed by atoms with Crippen LogP contribution in [0, 0.1) is 0 Å². The molecule has 1 saturated heterocycles. The normalized spacial score (nSPS) is 17.7. The molecule has 6 nitrogen and oxygen atoms in total. The Labute approximate surface area is 100 Å². The van der Waals surface area contributed by atoms with Gasteiger partial charge in [-0.3, -0.25) is 15.1 Å². The van der Waals surface area contributed by atoms with E-state index < -0.39 is 5.91 Å². The third-order valence-electron chi connectivity index (χ3n) is 3.00. The highest BCUT2D eigenvalue weighted by atomic mass is 16.5. The molecule has 94 valence electrons. The molecule has 2 heterocycles. The Bertz CT molecular complexity index is 369. The molecule has 1 aliphatic heterocycles. The Morgan fingerprint density at radius 2 is 2.12 bits per heavy atom. The lowest BCUT2D eigenvalue weighted by molar-refractivity contribution is 0.0944. The van der Waals surface area contributed by atoms with Crippen LogP contribution < -0.4 is 11.3 Å². The van der Waals surface area contributed by atoms with Crippen molar-refractivity contribution in [1.82, 2.24) is 15.5 Å². The first-order chi connectivity index (χ1) is 8.29. The SMILES string of the molecule is NNC(=O)c1cc(CN2CCCCCC2)on1. The summed E-state index contributed by atoms with van der Waals surface area (Å²) in [5.74, 6) is 5.32. The van der Waals surface area contributed by atoms with E-state index in [0.29, 0.717) is 12.3 Å². The van der Waals surface area contributed by atoms with E-state index in [-0.39, 0.29) is 5.69 Å². The van der Waals surface area contributed by atoms with Crippen LogP contribution in [0.5, 0.6) is 0 Å². The molecule has 0 aromatic carbocycles. The van der Waals surface area contributed by atoms with Crippen LogP contribution in [0.25, 0.3) is 0 Å². The van der Waals surface area contributed by atoms with Crippen molar-refractivity contribution < 1.29 is 9.32 Å². The molecule has 1 aliphatic rings. The average Bonchev–Trinajstić information content (AvgIpc) is 2.65. The largest absolute Gasteiger partial charge is 0.359 e. The van der Waals surface area contributed by atoms with Gasteiger partial charge in [0.2, 0.25) is 0 Å². The second kappa shape index (κ2) is 5.79. The lowest BCUT2D eigenvalue weighted by Gasteiger charge is -2.17. The summed E-state index contributed by atoms with van der Waals surface area (Å²) in [7, 11) is 0. The zero-order chi connectivity index (χ0) is 12.1. The second-order valence-electron chi connectivity index (χ2n) is 4.34. The highest BCUT2D eigenvalue weighted by Gasteiger charge is 2.15. The van der Waals surface area contributed by atoms with Gasteiger partial charge in [0.1, 0.15) is 0 Å². The van der Waals surface area contributed by atoms with Crippen molar-refractivity contribution in [2.75, 3.05) is 13.1 Å². The van der Waals surface area contributed by atoms with Crippen LogP contribution in [0.1, 0.15) is 41.9 Å². The highest BCUT2D eigenvalue weighted by Crippen LogP contribution is 2.13. The summed E-state index contributed by atoms with van der Waals surface area (Å²) >= 11 is 0. The van der Waals surface area contributed by atoms with Gasteiger partial charge < -0.3 is 4.52 Å². The average molecular weight is 238 g/mol. The first-order valence-electron chi connectivity index (χ1n) is 5.98. The van der Waals surface area contributed by atoms with Crippen molar-refractivity contribution in [3.05, 3.63) is 17.5 Å². The van der Waals surface area contributed by atoms with Gasteiger partial charge in [0.05, 0.1) is 6.54 Å². The predicted molar refractivity (Wildman–Crippen MR) is 61.9 cm³/mol. The Morgan fingerprint density at radius 3 is 2.76 bits per heavy atom. The molecule has 0 saturated carbocycles. The smallest absolute Gasteiger partial charge is 0.287 e. The maximum atomic E-state index is 11.2. The fourth-order valence-corrected chi connectivity index (χ4v) is 2.08. The quantitative estimate of drug-likeness (QED) is 0.459. The molecule has 0 aliphatic carbocycles. The van der Waals surface area contributed by atoms with E-state index >= 15 is 0 Å². The fourth-order valence-electron chi connectivity index (χ4n) is 2.08. The van der Waals surface area contributed by atoms with E-state index in [0.717, 1.165) is 13.1 Å². The van der Waals surface area contributed by atoms with E-state index in [9.17, 15) is 4.79 Å². The van der Waals surface area contributed by atoms with Crippen LogP contribution in [0.2, 0.25) is 0 Å². The molecule has 1 aromatic rings. The number of carbonyl (C=O) groups is 1. The number of carbonyl (C=O) groups excluding carboxylic acids is 1. The van der Waals surface area contributed by atoms with Gasteiger partial charge in [-0.1, -0.05) is 18.0 Å². The first-order valence-corrected chi connectivity index (χ1v) is 5.98. The zero-order valence-electron chi connectivity index (χ0n) is 9.82. The zero-order valence-corrected chi connectivity index (χ0v) is 9.82. The van der Waals surface area contributed by atoms with Crippen LogP contribution in [0.3, 0.4) is 0 Å². The van der Waals surface area contributed by atoms with Crippen LogP contribution in [-0.4, -0.2) is 29.1 Å². The lowest BCUT2D eigenvalue weighted by atomic mass is 10.2. The minimum absolute atomic E-state index is 0.234. The molecular weight excluding hydrogens is 220 g/mol. The monoisotopic (exact) mass is 238 g/mol. The van der Waals surface area contributed by atoms with Gasteiger partial charge in [0.15, 0.2) is 11.5 Å². The van der Waals surface area contributed by atoms with Crippen molar-refractivity contribution in [2.45, 2.75) is 32.2 Å². The van der Waals surface area contributed by atoms with Crippen molar-refractivity contribution >= 4 is 5.91 Å². The molecule has 0 radical (unpaired) electrons. The summed E-state index contributed by atoms with van der Waals surface area (Å²) in [6.07, 6.45) is 5.05. The number of nitrogens with two attached hydrogens (primary N) is 1. The van der Waals surface area contributed by atoms with Crippen molar-refractivity contribution in [3.63, 3.8) is 0 Å². The summed E-state index contributed by atoms with van der Waals surface area (Å²) < 4.78 is 5.12. The van der Waals surface area contributed by atoms with Crippen LogP contribution in [-0.2, 0) is 6.54 Å². The Hall–Kier alpha value is -1.40. The van der Waals surface area contributed by atoms with Gasteiger partial charge in [-0.2, -0.15) is 0 Å². The number of aromatic nitrogens is 1. The minimum Gasteiger partial charge on any atom is -0.359 e. The third-order valence-corrected chi connectivity index (χ3v) is 3.00. The summed E-state index contributed by atoms with van der Waals surface area (Å²) in [4.78, 5) is 13.5. The molecule has 2 rings (SSSR count). The number of amides is 1. The van der Waals surface area contributed by atoms with E-state index in [1.54, 1.807) is 6.07 Å². The molecule has 1 aromatic heterocycles. The van der Waals surface area contributed by atoms with Crippen LogP contribution >= 0.6 is 0 Å². The molecule has 0 unspecified atom stereocenters. The molecule has 17 heavy (non-hydrogen) atoms. The van der Waals surface area contributed by atoms with Crippen molar-refractivity contribution in [3.8, 4) is 0 Å². The minimum atomic E-state index is -0.420. The summed E-state index contributed by atoms with van der Waals surface area (Å²) in [6, 6.07) is 1.65. The van der Waals surface area contributed by atoms with Crippen molar-refractivity contribution in [1.29, 1.82) is 0 Å². The van der Waals surface area contributed by atoms with Gasteiger partial charge in [-0.05, 0) is 25.9 Å². The number of rotatable bonds is 3. The fraction of sp³-hybridized carbons (Fsp3) is 0.636. The van der Waals surface area contributed by atoms with E-state index in [4.69, 9.17) is 10.4 Å². The molecule has 1 fully saturated rings. The number of nitrogen functional groups attached to an aromatic ring is 1. The van der Waals surface area contributed by atoms with E-state index in [1.165, 1.54) is 25.7 Å². The van der Waals surface area contributed by atoms with Gasteiger partial charge >= 0.3 is 0 Å². The molecule has 0 atom stereocenters. The molecule has 3 N–H and O–H groups in total. The standard InChI is InChI=1S/C11H18N4O2/c12-13-11(16)10-7-9(17-14-10)8-15-5-3-1-2-4-6-15/h7H,1-6,8,12H2,(H,13,16). The summed E-state index contributed by atoms with van der Waals surface area (Å²) in [5, 5.41) is 3.68. The first kappa shape index (κ1) is 12.1. The van der Waals surface area contributed by atoms with Crippen LogP contribution in [0.15, 0.2) is 10.6 Å². The topological polar surface area (TPSA) is 84.4 Å². The summed E-state index contributed by atoms with van der Waals surface area (Å²) in [6.45, 7) is 2.88. The predicted octanol–water partition coefficient (Wildman–Crippen LogP) is 0.654. The number of hydrogen-bond donors (Lipinski definition) is 2. The van der Waals surface area contributed by atoms with Gasteiger partial charge in [0, 0.05) is 6.07 Å². The Kier molecular flexibility index (Phi) is 4.11. The number of nitrogens with zero attached hydrogens (tertiary/aromatic N) is 2. The van der Waals surface area contributed by atoms with Crippen molar-refractivity contribution in [2.24, 2.45) is 5.84 Å². The number of hydrogen-bond acceptors (Lipinski definition) is 5. The molecular formula is C11H18N4O2. The number of hydrazine groups is 1. The maximum Gasteiger partial charge on any atom is 0.287 e. The Morgan fingerprint density at radius 1 is 1.41 bits per heavy atom. The third kappa shape index (κ3) is 3.28. The molecule has 1 amide bonds. The summed E-state index contributed by atoms with van der Waals surface area (Å²) in [5.41, 5.74) is 2.27. The number of likely N-dealkylation sites (tertiary alicyclic amines) is 1. The van der Waals surface area contributed by atoms with E-state index in [1.807, 2.05) is 5.43 Å². The lowest BCUT2D eigenvalue weighted by Crippen LogP contribution is -2.30. The maximum absolute atomic E-state index is 11.2.